The van der Waals surface area contributed by atoms with Crippen LogP contribution in [0, 0.1) is 5.41 Å². The summed E-state index contributed by atoms with van der Waals surface area (Å²) >= 11 is 0. The van der Waals surface area contributed by atoms with Crippen molar-refractivity contribution in [1.82, 2.24) is 0 Å². The lowest BCUT2D eigenvalue weighted by Gasteiger charge is -2.30. The van der Waals surface area contributed by atoms with E-state index in [9.17, 15) is 14.4 Å². The maximum atomic E-state index is 12.9. The molecule has 0 aromatic heterocycles. The molecule has 25 heavy (non-hydrogen) atoms. The van der Waals surface area contributed by atoms with Crippen molar-refractivity contribution in [2.45, 2.75) is 46.5 Å². The van der Waals surface area contributed by atoms with Crippen molar-refractivity contribution in [1.29, 1.82) is 0 Å². The maximum Gasteiger partial charge on any atom is 0.337 e. The van der Waals surface area contributed by atoms with E-state index < -0.39 is 37.5 Å². The van der Waals surface area contributed by atoms with Gasteiger partial charge in [-0.3, -0.25) is 9.59 Å². The van der Waals surface area contributed by atoms with E-state index in [1.807, 2.05) is 5.70 Å². The summed E-state index contributed by atoms with van der Waals surface area (Å²) in [6, 6.07) is 0. The third-order valence-electron chi connectivity index (χ3n) is 3.61. The molecule has 0 bridgehead atoms. The van der Waals surface area contributed by atoms with E-state index in [-0.39, 0.29) is 26.4 Å². The molecule has 1 aliphatic heterocycles. The molecule has 1 fully saturated rings. The minimum Gasteiger partial charge on any atom is -0.465 e. The number of rotatable bonds is 7. The molecule has 1 heterocycles. The van der Waals surface area contributed by atoms with E-state index >= 15 is 0 Å². The summed E-state index contributed by atoms with van der Waals surface area (Å²) < 4.78 is 20.9. The largest absolute Gasteiger partial charge is 0.465 e. The maximum absolute atomic E-state index is 12.9. The molecule has 0 aromatic carbocycles. The molecule has 0 aliphatic carbocycles. The van der Waals surface area contributed by atoms with Crippen LogP contribution in [-0.4, -0.2) is 58.5 Å². The first-order chi connectivity index (χ1) is 11.6. The van der Waals surface area contributed by atoms with Gasteiger partial charge in [0.25, 0.3) is 0 Å². The van der Waals surface area contributed by atoms with Gasteiger partial charge in [-0.15, -0.1) is 0 Å². The molecule has 142 valence electrons. The molecule has 1 rings (SSSR count). The number of carbonyl (C=O) groups excluding carboxylic acids is 3. The molecule has 0 amide bonds. The number of hydrogen-bond acceptors (Lipinski definition) is 7. The Morgan fingerprint density at radius 1 is 1.04 bits per heavy atom. The summed E-state index contributed by atoms with van der Waals surface area (Å²) in [6.07, 6.45) is -1.41. The lowest BCUT2D eigenvalue weighted by atomic mass is 9.77. The highest BCUT2D eigenvalue weighted by Gasteiger charge is 2.65. The van der Waals surface area contributed by atoms with Gasteiger partial charge < -0.3 is 18.9 Å². The van der Waals surface area contributed by atoms with E-state index in [1.54, 1.807) is 20.8 Å². The van der Waals surface area contributed by atoms with Gasteiger partial charge >= 0.3 is 17.9 Å². The summed E-state index contributed by atoms with van der Waals surface area (Å²) in [7, 11) is -1.84. The summed E-state index contributed by atoms with van der Waals surface area (Å²) in [4.78, 5) is 38.1. The van der Waals surface area contributed by atoms with Crippen molar-refractivity contribution in [2.75, 3.05) is 26.4 Å². The summed E-state index contributed by atoms with van der Waals surface area (Å²) in [6.45, 7) is 11.3. The van der Waals surface area contributed by atoms with Crippen LogP contribution in [0.4, 0.5) is 0 Å². The smallest absolute Gasteiger partial charge is 0.337 e. The molecule has 0 saturated carbocycles. The highest BCUT2D eigenvalue weighted by atomic mass is 28.3. The Kier molecular flexibility index (Phi) is 7.37. The first kappa shape index (κ1) is 21.4. The first-order valence-corrected chi connectivity index (χ1v) is 12.1. The van der Waals surface area contributed by atoms with Crippen LogP contribution in [0.25, 0.3) is 0 Å². The topological polar surface area (TPSA) is 88.1 Å². The van der Waals surface area contributed by atoms with Gasteiger partial charge in [0, 0.05) is 0 Å². The van der Waals surface area contributed by atoms with E-state index in [1.165, 1.54) is 0 Å². The number of ether oxygens (including phenoxy) is 4. The minimum atomic E-state index is -1.95. The van der Waals surface area contributed by atoms with Crippen LogP contribution in [0.2, 0.25) is 19.6 Å². The predicted molar refractivity (Wildman–Crippen MR) is 93.5 cm³/mol. The van der Waals surface area contributed by atoms with E-state index in [2.05, 4.69) is 19.6 Å². The summed E-state index contributed by atoms with van der Waals surface area (Å²) in [5, 5.41) is 0. The number of esters is 3. The van der Waals surface area contributed by atoms with Crippen molar-refractivity contribution >= 4 is 26.0 Å². The van der Waals surface area contributed by atoms with Gasteiger partial charge in [0.2, 0.25) is 5.41 Å². The second-order valence-corrected chi connectivity index (χ2v) is 11.7. The van der Waals surface area contributed by atoms with Crippen LogP contribution in [-0.2, 0) is 33.3 Å². The standard InChI is InChI=1S/C17H28O7Si/c1-7-21-14(18)13-17(15(19)22-8-2,16(20)23-9-3)12(10-24-13)11-25(4,5)6/h11,13H,7-10H2,1-6H3/b12-11+. The van der Waals surface area contributed by atoms with Gasteiger partial charge in [0.15, 0.2) is 6.10 Å². The fourth-order valence-electron chi connectivity index (χ4n) is 2.77. The molecule has 0 N–H and O–H groups in total. The quantitative estimate of drug-likeness (QED) is 0.292. The SMILES string of the molecule is CCOC(=O)C1OC/C(=C\[Si](C)(C)C)C1(C(=O)OCC)C(=O)OCC. The normalized spacial score (nSPS) is 21.0. The molecular formula is C17H28O7Si. The van der Waals surface area contributed by atoms with Crippen LogP contribution in [0.5, 0.6) is 0 Å². The zero-order chi connectivity index (χ0) is 19.3. The fraction of sp³-hybridized carbons (Fsp3) is 0.706. The van der Waals surface area contributed by atoms with Crippen LogP contribution < -0.4 is 0 Å². The molecule has 1 unspecified atom stereocenters. The molecule has 0 spiro atoms. The van der Waals surface area contributed by atoms with Crippen molar-refractivity contribution < 1.29 is 33.3 Å². The Balaban J connectivity index is 3.58. The average Bonchev–Trinajstić information content (AvgIpc) is 2.86. The highest BCUT2D eigenvalue weighted by Crippen LogP contribution is 2.43. The zero-order valence-electron chi connectivity index (χ0n) is 15.8. The van der Waals surface area contributed by atoms with Crippen LogP contribution >= 0.6 is 0 Å². The average molecular weight is 372 g/mol. The van der Waals surface area contributed by atoms with Crippen molar-refractivity contribution in [3.05, 3.63) is 11.3 Å². The number of carbonyl (C=O) groups is 3. The Morgan fingerprint density at radius 2 is 1.52 bits per heavy atom. The Bertz CT molecular complexity index is 530. The minimum absolute atomic E-state index is 0.0224. The summed E-state index contributed by atoms with van der Waals surface area (Å²) in [5.74, 6) is -2.45. The van der Waals surface area contributed by atoms with Crippen LogP contribution in [0.3, 0.4) is 0 Å². The van der Waals surface area contributed by atoms with E-state index in [4.69, 9.17) is 18.9 Å². The molecule has 0 aromatic rings. The molecule has 8 heteroatoms. The second-order valence-electron chi connectivity index (χ2n) is 6.73. The Hall–Kier alpha value is -1.67. The number of hydrogen-bond donors (Lipinski definition) is 0. The lowest BCUT2D eigenvalue weighted by molar-refractivity contribution is -0.182. The van der Waals surface area contributed by atoms with Gasteiger partial charge in [0.05, 0.1) is 34.5 Å². The molecular weight excluding hydrogens is 344 g/mol. The lowest BCUT2D eigenvalue weighted by Crippen LogP contribution is -2.53. The van der Waals surface area contributed by atoms with E-state index in [0.29, 0.717) is 5.57 Å². The van der Waals surface area contributed by atoms with Crippen molar-refractivity contribution in [2.24, 2.45) is 5.41 Å². The second kappa shape index (κ2) is 8.62. The van der Waals surface area contributed by atoms with Crippen molar-refractivity contribution in [3.63, 3.8) is 0 Å². The molecule has 7 nitrogen and oxygen atoms in total. The van der Waals surface area contributed by atoms with E-state index in [0.717, 1.165) is 0 Å². The predicted octanol–water partition coefficient (Wildman–Crippen LogP) is 1.86. The third kappa shape index (κ3) is 4.49. The first-order valence-electron chi connectivity index (χ1n) is 8.49. The Labute approximate surface area is 149 Å². The summed E-state index contributed by atoms with van der Waals surface area (Å²) in [5.41, 5.74) is 0.361. The van der Waals surface area contributed by atoms with Gasteiger partial charge in [-0.25, -0.2) is 4.79 Å². The molecule has 1 saturated heterocycles. The van der Waals surface area contributed by atoms with Gasteiger partial charge in [0.1, 0.15) is 0 Å². The zero-order valence-corrected chi connectivity index (χ0v) is 16.8. The van der Waals surface area contributed by atoms with Gasteiger partial charge in [-0.05, 0) is 26.3 Å². The van der Waals surface area contributed by atoms with Gasteiger partial charge in [-0.1, -0.05) is 25.3 Å². The van der Waals surface area contributed by atoms with Crippen LogP contribution in [0.1, 0.15) is 20.8 Å². The van der Waals surface area contributed by atoms with Crippen LogP contribution in [0.15, 0.2) is 11.3 Å². The van der Waals surface area contributed by atoms with Crippen molar-refractivity contribution in [3.8, 4) is 0 Å². The molecule has 1 atom stereocenters. The van der Waals surface area contributed by atoms with Gasteiger partial charge in [-0.2, -0.15) is 0 Å². The molecule has 0 radical (unpaired) electrons. The molecule has 1 aliphatic rings. The fourth-order valence-corrected chi connectivity index (χ4v) is 4.13. The monoisotopic (exact) mass is 372 g/mol. The third-order valence-corrected chi connectivity index (χ3v) is 4.82. The Morgan fingerprint density at radius 3 is 1.92 bits per heavy atom. The highest BCUT2D eigenvalue weighted by molar-refractivity contribution is 6.81.